The van der Waals surface area contributed by atoms with Crippen LogP contribution in [0.2, 0.25) is 0 Å². The number of rotatable bonds is 5. The summed E-state index contributed by atoms with van der Waals surface area (Å²) >= 11 is 0. The maximum absolute atomic E-state index is 11.1. The van der Waals surface area contributed by atoms with Crippen molar-refractivity contribution < 1.29 is 14.6 Å². The van der Waals surface area contributed by atoms with Crippen molar-refractivity contribution in [1.82, 2.24) is 9.97 Å². The number of aromatic nitrogens is 2. The molecule has 2 N–H and O–H groups in total. The van der Waals surface area contributed by atoms with E-state index in [0.717, 1.165) is 25.3 Å². The van der Waals surface area contributed by atoms with Crippen molar-refractivity contribution in [3.8, 4) is 0 Å². The number of hydrogen-bond acceptors (Lipinski definition) is 6. The van der Waals surface area contributed by atoms with E-state index in [1.54, 1.807) is 6.20 Å². The summed E-state index contributed by atoms with van der Waals surface area (Å²) in [6.45, 7) is 6.32. The summed E-state index contributed by atoms with van der Waals surface area (Å²) in [5.41, 5.74) is 0. The zero-order valence-corrected chi connectivity index (χ0v) is 14.3. The fraction of sp³-hybridized carbons (Fsp3) is 0.706. The normalized spacial score (nSPS) is 27.5. The van der Waals surface area contributed by atoms with E-state index in [0.29, 0.717) is 31.4 Å². The van der Waals surface area contributed by atoms with Gasteiger partial charge in [-0.3, -0.25) is 4.79 Å². The van der Waals surface area contributed by atoms with Crippen molar-refractivity contribution in [2.24, 2.45) is 11.8 Å². The number of carbonyl (C=O) groups is 1. The van der Waals surface area contributed by atoms with Gasteiger partial charge in [0.2, 0.25) is 5.95 Å². The lowest BCUT2D eigenvalue weighted by atomic mass is 9.94. The molecular formula is C17H26N4O3. The van der Waals surface area contributed by atoms with Gasteiger partial charge in [0.15, 0.2) is 0 Å². The zero-order chi connectivity index (χ0) is 17.1. The van der Waals surface area contributed by atoms with Gasteiger partial charge in [0.1, 0.15) is 5.82 Å². The van der Waals surface area contributed by atoms with Crippen LogP contribution in [-0.2, 0) is 9.53 Å². The Morgan fingerprint density at radius 3 is 3.00 bits per heavy atom. The molecule has 3 rings (SSSR count). The molecule has 0 spiro atoms. The third-order valence-electron chi connectivity index (χ3n) is 4.82. The van der Waals surface area contributed by atoms with Crippen LogP contribution >= 0.6 is 0 Å². The quantitative estimate of drug-likeness (QED) is 0.851. The number of hydrogen-bond donors (Lipinski definition) is 2. The first-order chi connectivity index (χ1) is 11.5. The lowest BCUT2D eigenvalue weighted by Gasteiger charge is -2.35. The summed E-state index contributed by atoms with van der Waals surface area (Å²) in [4.78, 5) is 22.0. The van der Waals surface area contributed by atoms with Gasteiger partial charge in [-0.15, -0.1) is 0 Å². The molecule has 3 unspecified atom stereocenters. The zero-order valence-electron chi connectivity index (χ0n) is 14.3. The topological polar surface area (TPSA) is 87.6 Å². The molecule has 1 aromatic rings. The molecule has 2 aliphatic heterocycles. The van der Waals surface area contributed by atoms with Crippen LogP contribution in [0, 0.1) is 11.8 Å². The molecule has 0 aliphatic carbocycles. The fourth-order valence-corrected chi connectivity index (χ4v) is 3.53. The maximum atomic E-state index is 11.1. The van der Waals surface area contributed by atoms with E-state index in [-0.39, 0.29) is 18.1 Å². The molecule has 2 saturated heterocycles. The van der Waals surface area contributed by atoms with Gasteiger partial charge in [0.25, 0.3) is 0 Å². The van der Waals surface area contributed by atoms with E-state index in [9.17, 15) is 4.79 Å². The molecule has 2 fully saturated rings. The monoisotopic (exact) mass is 334 g/mol. The highest BCUT2D eigenvalue weighted by molar-refractivity contribution is 5.71. The first kappa shape index (κ1) is 17.0. The van der Waals surface area contributed by atoms with Crippen LogP contribution in [0.15, 0.2) is 12.3 Å². The predicted molar refractivity (Wildman–Crippen MR) is 91.2 cm³/mol. The minimum atomic E-state index is -0.745. The van der Waals surface area contributed by atoms with E-state index >= 15 is 0 Å². The third kappa shape index (κ3) is 3.77. The Hall–Kier alpha value is -1.89. The summed E-state index contributed by atoms with van der Waals surface area (Å²) in [6.07, 6.45) is 4.66. The molecule has 7 heteroatoms. The third-order valence-corrected chi connectivity index (χ3v) is 4.82. The molecule has 0 radical (unpaired) electrons. The maximum Gasteiger partial charge on any atom is 0.308 e. The van der Waals surface area contributed by atoms with Gasteiger partial charge < -0.3 is 20.1 Å². The Balaban J connectivity index is 1.68. The van der Waals surface area contributed by atoms with Gasteiger partial charge in [0.05, 0.1) is 18.1 Å². The molecule has 0 aromatic carbocycles. The van der Waals surface area contributed by atoms with Gasteiger partial charge in [-0.05, 0) is 31.2 Å². The van der Waals surface area contributed by atoms with E-state index in [1.165, 1.54) is 0 Å². The molecule has 3 heterocycles. The van der Waals surface area contributed by atoms with Crippen molar-refractivity contribution in [3.05, 3.63) is 12.3 Å². The van der Waals surface area contributed by atoms with Crippen LogP contribution in [0.1, 0.15) is 33.1 Å². The van der Waals surface area contributed by atoms with Gasteiger partial charge in [-0.25, -0.2) is 4.98 Å². The average Bonchev–Trinajstić information content (AvgIpc) is 3.06. The number of ether oxygens (including phenoxy) is 1. The van der Waals surface area contributed by atoms with Crippen molar-refractivity contribution >= 4 is 17.7 Å². The number of nitrogens with one attached hydrogen (secondary N) is 1. The van der Waals surface area contributed by atoms with Crippen LogP contribution < -0.4 is 10.2 Å². The molecule has 24 heavy (non-hydrogen) atoms. The summed E-state index contributed by atoms with van der Waals surface area (Å²) in [5.74, 6) is 0.744. The van der Waals surface area contributed by atoms with Gasteiger partial charge in [-0.1, -0.05) is 13.8 Å². The van der Waals surface area contributed by atoms with Crippen molar-refractivity contribution in [2.45, 2.75) is 45.3 Å². The SMILES string of the molecule is CC(C)C1OCCCC1Nc1ccnc(N2CCC(C(=O)O)C2)n1. The summed E-state index contributed by atoms with van der Waals surface area (Å²) < 4.78 is 5.91. The standard InChI is InChI=1S/C17H26N4O3/c1-11(2)15-13(4-3-9-24-15)19-14-5-7-18-17(20-14)21-8-6-12(10-21)16(22)23/h5,7,11-13,15H,3-4,6,8-10H2,1-2H3,(H,22,23)(H,18,19,20). The second-order valence-corrected chi connectivity index (χ2v) is 6.98. The minimum Gasteiger partial charge on any atom is -0.481 e. The summed E-state index contributed by atoms with van der Waals surface area (Å²) in [7, 11) is 0. The minimum absolute atomic E-state index is 0.181. The second-order valence-electron chi connectivity index (χ2n) is 6.98. The molecule has 1 aromatic heterocycles. The number of carboxylic acid groups (broad SMARTS) is 1. The number of nitrogens with zero attached hydrogens (tertiary/aromatic N) is 3. The summed E-state index contributed by atoms with van der Waals surface area (Å²) in [6, 6.07) is 2.10. The van der Waals surface area contributed by atoms with Crippen molar-refractivity contribution in [2.75, 3.05) is 29.9 Å². The summed E-state index contributed by atoms with van der Waals surface area (Å²) in [5, 5.41) is 12.6. The van der Waals surface area contributed by atoms with Crippen LogP contribution in [-0.4, -0.2) is 52.9 Å². The van der Waals surface area contributed by atoms with Crippen LogP contribution in [0.25, 0.3) is 0 Å². The van der Waals surface area contributed by atoms with Crippen molar-refractivity contribution in [1.29, 1.82) is 0 Å². The lowest BCUT2D eigenvalue weighted by Crippen LogP contribution is -2.43. The first-order valence-electron chi connectivity index (χ1n) is 8.73. The fourth-order valence-electron chi connectivity index (χ4n) is 3.53. The molecule has 7 nitrogen and oxygen atoms in total. The Morgan fingerprint density at radius 2 is 2.29 bits per heavy atom. The van der Waals surface area contributed by atoms with Gasteiger partial charge in [0, 0.05) is 25.9 Å². The Kier molecular flexibility index (Phi) is 5.18. The lowest BCUT2D eigenvalue weighted by molar-refractivity contribution is -0.140. The molecule has 2 aliphatic rings. The molecule has 0 bridgehead atoms. The van der Waals surface area contributed by atoms with E-state index < -0.39 is 5.97 Å². The first-order valence-corrected chi connectivity index (χ1v) is 8.73. The highest BCUT2D eigenvalue weighted by Crippen LogP contribution is 2.25. The van der Waals surface area contributed by atoms with Gasteiger partial charge >= 0.3 is 5.97 Å². The molecule has 0 saturated carbocycles. The van der Waals surface area contributed by atoms with E-state index in [1.807, 2.05) is 11.0 Å². The average molecular weight is 334 g/mol. The Morgan fingerprint density at radius 1 is 1.46 bits per heavy atom. The predicted octanol–water partition coefficient (Wildman–Crippen LogP) is 2.00. The number of carboxylic acids is 1. The number of aliphatic carboxylic acids is 1. The van der Waals surface area contributed by atoms with Gasteiger partial charge in [-0.2, -0.15) is 4.98 Å². The van der Waals surface area contributed by atoms with Crippen LogP contribution in [0.4, 0.5) is 11.8 Å². The smallest absolute Gasteiger partial charge is 0.308 e. The largest absolute Gasteiger partial charge is 0.481 e. The van der Waals surface area contributed by atoms with E-state index in [4.69, 9.17) is 9.84 Å². The highest BCUT2D eigenvalue weighted by Gasteiger charge is 2.31. The van der Waals surface area contributed by atoms with Crippen molar-refractivity contribution in [3.63, 3.8) is 0 Å². The Labute approximate surface area is 142 Å². The molecular weight excluding hydrogens is 308 g/mol. The van der Waals surface area contributed by atoms with Crippen LogP contribution in [0.3, 0.4) is 0 Å². The Bertz CT molecular complexity index is 581. The molecule has 0 amide bonds. The second kappa shape index (κ2) is 7.34. The van der Waals surface area contributed by atoms with E-state index in [2.05, 4.69) is 29.1 Å². The molecule has 3 atom stereocenters. The van der Waals surface area contributed by atoms with Crippen LogP contribution in [0.5, 0.6) is 0 Å². The number of anilines is 2. The molecule has 132 valence electrons. The highest BCUT2D eigenvalue weighted by atomic mass is 16.5.